The lowest BCUT2D eigenvalue weighted by Crippen LogP contribution is -2.32. The summed E-state index contributed by atoms with van der Waals surface area (Å²) in [7, 11) is 0. The lowest BCUT2D eigenvalue weighted by atomic mass is 10.1. The number of amides is 1. The van der Waals surface area contributed by atoms with Gasteiger partial charge in [0.1, 0.15) is 33.5 Å². The van der Waals surface area contributed by atoms with Gasteiger partial charge in [-0.2, -0.15) is 5.10 Å². The van der Waals surface area contributed by atoms with E-state index >= 15 is 0 Å². The summed E-state index contributed by atoms with van der Waals surface area (Å²) >= 11 is 0.821. The van der Waals surface area contributed by atoms with Crippen LogP contribution in [-0.2, 0) is 0 Å². The van der Waals surface area contributed by atoms with E-state index in [0.717, 1.165) is 36.3 Å². The van der Waals surface area contributed by atoms with Crippen molar-refractivity contribution in [2.24, 2.45) is 5.73 Å². The number of thiazole rings is 1. The molecule has 8 nitrogen and oxygen atoms in total. The SMILES string of the molecule is Nc1sc(-c2c(F)cccc2F)nc1C(=O)Nc1cnn(C2CC2)c1N1CC[C@H](N)C[C@H](F)C1. The van der Waals surface area contributed by atoms with Crippen LogP contribution in [-0.4, -0.2) is 46.0 Å². The van der Waals surface area contributed by atoms with Crippen molar-refractivity contribution in [3.05, 3.63) is 41.7 Å². The summed E-state index contributed by atoms with van der Waals surface area (Å²) in [5.41, 5.74) is 11.9. The number of hydrogen-bond acceptors (Lipinski definition) is 7. The van der Waals surface area contributed by atoms with Crippen LogP contribution in [0.25, 0.3) is 10.6 Å². The number of alkyl halides is 1. The van der Waals surface area contributed by atoms with Gasteiger partial charge in [-0.1, -0.05) is 17.4 Å². The van der Waals surface area contributed by atoms with E-state index in [4.69, 9.17) is 11.5 Å². The summed E-state index contributed by atoms with van der Waals surface area (Å²) in [6, 6.07) is 3.42. The van der Waals surface area contributed by atoms with Crippen molar-refractivity contribution in [1.82, 2.24) is 14.8 Å². The Morgan fingerprint density at radius 3 is 2.65 bits per heavy atom. The minimum absolute atomic E-state index is 0.0239. The van der Waals surface area contributed by atoms with E-state index in [9.17, 15) is 18.0 Å². The number of aromatic nitrogens is 3. The summed E-state index contributed by atoms with van der Waals surface area (Å²) in [4.78, 5) is 19.1. The van der Waals surface area contributed by atoms with Crippen molar-refractivity contribution in [2.75, 3.05) is 29.0 Å². The van der Waals surface area contributed by atoms with Gasteiger partial charge in [-0.15, -0.1) is 0 Å². The van der Waals surface area contributed by atoms with E-state index in [0.29, 0.717) is 24.5 Å². The van der Waals surface area contributed by atoms with Crippen LogP contribution in [0.3, 0.4) is 0 Å². The molecule has 5 N–H and O–H groups in total. The molecular weight excluding hydrogens is 467 g/mol. The van der Waals surface area contributed by atoms with Crippen LogP contribution in [0.1, 0.15) is 42.2 Å². The summed E-state index contributed by atoms with van der Waals surface area (Å²) in [6.45, 7) is 0.670. The molecule has 34 heavy (non-hydrogen) atoms. The summed E-state index contributed by atoms with van der Waals surface area (Å²) in [6.07, 6.45) is 3.21. The molecule has 0 unspecified atom stereocenters. The molecule has 1 saturated carbocycles. The van der Waals surface area contributed by atoms with Gasteiger partial charge >= 0.3 is 0 Å². The number of nitrogens with zero attached hydrogens (tertiary/aromatic N) is 4. The molecule has 3 aromatic rings. The van der Waals surface area contributed by atoms with Crippen LogP contribution in [0.2, 0.25) is 0 Å². The molecule has 1 aromatic carbocycles. The van der Waals surface area contributed by atoms with Crippen molar-refractivity contribution >= 4 is 33.8 Å². The Balaban J connectivity index is 1.44. The summed E-state index contributed by atoms with van der Waals surface area (Å²) in [5.74, 6) is -1.62. The van der Waals surface area contributed by atoms with Gasteiger partial charge in [0.05, 0.1) is 24.3 Å². The van der Waals surface area contributed by atoms with Gasteiger partial charge in [-0.3, -0.25) is 4.79 Å². The first-order valence-corrected chi connectivity index (χ1v) is 11.9. The third kappa shape index (κ3) is 4.34. The molecule has 1 saturated heterocycles. The molecule has 2 atom stereocenters. The van der Waals surface area contributed by atoms with Crippen molar-refractivity contribution in [2.45, 2.75) is 43.9 Å². The minimum atomic E-state index is -1.10. The number of carbonyl (C=O) groups is 1. The zero-order valence-corrected chi connectivity index (χ0v) is 19.0. The number of nitrogens with two attached hydrogens (primary N) is 2. The van der Waals surface area contributed by atoms with Gasteiger partial charge in [0, 0.05) is 12.6 Å². The Hall–Kier alpha value is -3.12. The lowest BCUT2D eigenvalue weighted by Gasteiger charge is -2.25. The molecule has 12 heteroatoms. The second kappa shape index (κ2) is 8.91. The van der Waals surface area contributed by atoms with Crippen LogP contribution >= 0.6 is 11.3 Å². The number of hydrogen-bond donors (Lipinski definition) is 3. The van der Waals surface area contributed by atoms with Crippen LogP contribution in [0.5, 0.6) is 0 Å². The molecule has 1 aliphatic heterocycles. The fourth-order valence-corrected chi connectivity index (χ4v) is 5.07. The monoisotopic (exact) mass is 491 g/mol. The number of halogens is 3. The summed E-state index contributed by atoms with van der Waals surface area (Å²) in [5, 5.41) is 7.19. The number of nitrogens with one attached hydrogen (secondary N) is 1. The average molecular weight is 492 g/mol. The number of nitrogen functional groups attached to an aromatic ring is 1. The Labute approximate surface area is 197 Å². The average Bonchev–Trinajstić information content (AvgIpc) is 3.47. The molecule has 0 radical (unpaired) electrons. The van der Waals surface area contributed by atoms with Gasteiger partial charge < -0.3 is 21.7 Å². The predicted octanol–water partition coefficient (Wildman–Crippen LogP) is 3.72. The van der Waals surface area contributed by atoms with E-state index in [2.05, 4.69) is 15.4 Å². The van der Waals surface area contributed by atoms with Gasteiger partial charge in [0.25, 0.3) is 5.91 Å². The quantitative estimate of drug-likeness (QED) is 0.501. The van der Waals surface area contributed by atoms with Crippen LogP contribution < -0.4 is 21.7 Å². The number of anilines is 3. The molecule has 2 fully saturated rings. The highest BCUT2D eigenvalue weighted by molar-refractivity contribution is 7.19. The topological polar surface area (TPSA) is 115 Å². The largest absolute Gasteiger partial charge is 0.389 e. The van der Waals surface area contributed by atoms with E-state index in [-0.39, 0.29) is 46.3 Å². The highest BCUT2D eigenvalue weighted by Crippen LogP contribution is 2.41. The molecule has 1 aliphatic carbocycles. The second-order valence-electron chi connectivity index (χ2n) is 8.67. The zero-order chi connectivity index (χ0) is 24.0. The Morgan fingerprint density at radius 1 is 1.21 bits per heavy atom. The maximum Gasteiger partial charge on any atom is 0.277 e. The van der Waals surface area contributed by atoms with Gasteiger partial charge in [-0.25, -0.2) is 22.8 Å². The smallest absolute Gasteiger partial charge is 0.277 e. The Bertz CT molecular complexity index is 1210. The van der Waals surface area contributed by atoms with Crippen LogP contribution in [0, 0.1) is 11.6 Å². The standard InChI is InChI=1S/C22H24F3N7OS/c23-11-8-12(26)6-7-31(10-11)22-16(9-28-32(22)13-4-5-13)29-20(33)18-19(27)34-21(30-18)17-14(24)2-1-3-15(17)25/h1-3,9,11-13H,4-8,10,26-27H2,(H,29,33)/t11-,12-/m0/s1. The molecule has 2 aliphatic rings. The maximum absolute atomic E-state index is 14.5. The van der Waals surface area contributed by atoms with Crippen LogP contribution in [0.15, 0.2) is 24.4 Å². The van der Waals surface area contributed by atoms with Gasteiger partial charge in [-0.05, 0) is 37.8 Å². The third-order valence-electron chi connectivity index (χ3n) is 6.00. The number of benzene rings is 1. The van der Waals surface area contributed by atoms with Crippen molar-refractivity contribution in [3.63, 3.8) is 0 Å². The summed E-state index contributed by atoms with van der Waals surface area (Å²) < 4.78 is 44.7. The molecule has 3 heterocycles. The second-order valence-corrected chi connectivity index (χ2v) is 9.70. The maximum atomic E-state index is 14.5. The first-order chi connectivity index (χ1) is 16.3. The van der Waals surface area contributed by atoms with Crippen molar-refractivity contribution in [1.29, 1.82) is 0 Å². The fourth-order valence-electron chi connectivity index (χ4n) is 4.20. The number of carbonyl (C=O) groups excluding carboxylic acids is 1. The first kappa shape index (κ1) is 22.7. The van der Waals surface area contributed by atoms with Crippen LogP contribution in [0.4, 0.5) is 29.7 Å². The zero-order valence-electron chi connectivity index (χ0n) is 18.2. The number of rotatable bonds is 5. The molecule has 5 rings (SSSR count). The van der Waals surface area contributed by atoms with Crippen molar-refractivity contribution < 1.29 is 18.0 Å². The molecule has 180 valence electrons. The van der Waals surface area contributed by atoms with E-state index in [1.165, 1.54) is 12.3 Å². The fraction of sp³-hybridized carbons (Fsp3) is 0.409. The van der Waals surface area contributed by atoms with E-state index in [1.807, 2.05) is 9.58 Å². The Morgan fingerprint density at radius 2 is 1.94 bits per heavy atom. The van der Waals surface area contributed by atoms with E-state index in [1.54, 1.807) is 0 Å². The predicted molar refractivity (Wildman–Crippen MR) is 125 cm³/mol. The highest BCUT2D eigenvalue weighted by Gasteiger charge is 2.33. The van der Waals surface area contributed by atoms with Crippen molar-refractivity contribution in [3.8, 4) is 10.6 Å². The molecule has 1 amide bonds. The molecule has 0 bridgehead atoms. The lowest BCUT2D eigenvalue weighted by molar-refractivity contribution is 0.102. The normalized spacial score (nSPS) is 20.9. The third-order valence-corrected chi connectivity index (χ3v) is 6.90. The first-order valence-electron chi connectivity index (χ1n) is 11.1. The minimum Gasteiger partial charge on any atom is -0.389 e. The molecule has 0 spiro atoms. The van der Waals surface area contributed by atoms with E-state index < -0.39 is 23.7 Å². The molecule has 2 aromatic heterocycles. The Kier molecular flexibility index (Phi) is 5.94. The highest BCUT2D eigenvalue weighted by atomic mass is 32.1. The van der Waals surface area contributed by atoms with Gasteiger partial charge in [0.15, 0.2) is 11.5 Å². The van der Waals surface area contributed by atoms with Gasteiger partial charge in [0.2, 0.25) is 0 Å². The molecular formula is C22H24F3N7OS.